The fraction of sp³-hybridized carbons (Fsp3) is 0.0769. The zero-order valence-corrected chi connectivity index (χ0v) is 11.0. The molecule has 2 rings (SSSR count). The molecule has 0 aliphatic heterocycles. The molecule has 0 amide bonds. The highest BCUT2D eigenvalue weighted by Gasteiger charge is 2.13. The Labute approximate surface area is 118 Å². The third kappa shape index (κ3) is 2.69. The molecule has 0 aromatic heterocycles. The maximum absolute atomic E-state index is 13.3. The molecular formula is C13H8Cl2FNO2. The summed E-state index contributed by atoms with van der Waals surface area (Å²) in [5, 5.41) is 12.3. The van der Waals surface area contributed by atoms with E-state index in [0.29, 0.717) is 16.7 Å². The van der Waals surface area contributed by atoms with Crippen LogP contribution in [0.25, 0.3) is 11.1 Å². The van der Waals surface area contributed by atoms with Gasteiger partial charge in [-0.05, 0) is 23.3 Å². The summed E-state index contributed by atoms with van der Waals surface area (Å²) in [6, 6.07) is 7.14. The summed E-state index contributed by atoms with van der Waals surface area (Å²) in [6.45, 7) is -0.0806. The summed E-state index contributed by atoms with van der Waals surface area (Å²) in [4.78, 5) is 10.2. The third-order valence-electron chi connectivity index (χ3n) is 2.66. The Hall–Kier alpha value is -1.65. The molecule has 3 nitrogen and oxygen atoms in total. The first kappa shape index (κ1) is 13.8. The maximum Gasteiger partial charge on any atom is 0.165 e. The molecule has 0 radical (unpaired) electrons. The molecule has 1 N–H and O–H groups in total. The molecule has 0 saturated carbocycles. The van der Waals surface area contributed by atoms with E-state index in [1.54, 1.807) is 12.1 Å². The fourth-order valence-electron chi connectivity index (χ4n) is 1.68. The van der Waals surface area contributed by atoms with Gasteiger partial charge in [-0.1, -0.05) is 46.6 Å². The zero-order chi connectivity index (χ0) is 14.0. The van der Waals surface area contributed by atoms with E-state index in [2.05, 4.69) is 5.18 Å². The van der Waals surface area contributed by atoms with Crippen LogP contribution in [0, 0.1) is 10.7 Å². The molecule has 2 aromatic carbocycles. The summed E-state index contributed by atoms with van der Waals surface area (Å²) in [5.74, 6) is -1.18. The zero-order valence-electron chi connectivity index (χ0n) is 9.53. The van der Waals surface area contributed by atoms with Gasteiger partial charge in [-0.2, -0.15) is 4.91 Å². The van der Waals surface area contributed by atoms with Crippen LogP contribution in [0.2, 0.25) is 10.0 Å². The lowest BCUT2D eigenvalue weighted by atomic mass is 10.0. The van der Waals surface area contributed by atoms with Crippen LogP contribution in [-0.4, -0.2) is 5.11 Å². The van der Waals surface area contributed by atoms with E-state index in [9.17, 15) is 9.30 Å². The largest absolute Gasteiger partial charge is 0.505 e. The lowest BCUT2D eigenvalue weighted by molar-refractivity contribution is 0.432. The average Bonchev–Trinajstić information content (AvgIpc) is 2.39. The van der Waals surface area contributed by atoms with E-state index >= 15 is 0 Å². The second kappa shape index (κ2) is 5.55. The summed E-state index contributed by atoms with van der Waals surface area (Å²) in [5.41, 5.74) is 1.50. The lowest BCUT2D eigenvalue weighted by Gasteiger charge is -2.09. The van der Waals surface area contributed by atoms with E-state index in [-0.39, 0.29) is 16.6 Å². The van der Waals surface area contributed by atoms with Gasteiger partial charge >= 0.3 is 0 Å². The number of rotatable bonds is 3. The van der Waals surface area contributed by atoms with Crippen LogP contribution in [0.4, 0.5) is 4.39 Å². The van der Waals surface area contributed by atoms with E-state index in [4.69, 9.17) is 28.3 Å². The minimum absolute atomic E-state index is 0.0806. The summed E-state index contributed by atoms with van der Waals surface area (Å²) < 4.78 is 13.3. The van der Waals surface area contributed by atoms with Crippen molar-refractivity contribution in [3.8, 4) is 16.9 Å². The van der Waals surface area contributed by atoms with Crippen molar-refractivity contribution in [2.75, 3.05) is 0 Å². The summed E-state index contributed by atoms with van der Waals surface area (Å²) >= 11 is 12.1. The molecule has 0 heterocycles. The Morgan fingerprint density at radius 3 is 2.53 bits per heavy atom. The highest BCUT2D eigenvalue weighted by Crippen LogP contribution is 2.37. The number of phenols is 1. The van der Waals surface area contributed by atoms with Crippen LogP contribution in [0.5, 0.6) is 5.75 Å². The molecule has 0 bridgehead atoms. The standard InChI is InChI=1S/C13H8Cl2FNO2/c14-12-8(6-17-19)1-3-9(13(12)15)7-2-4-11(18)10(16)5-7/h1-5,18H,6H2. The molecular weight excluding hydrogens is 292 g/mol. The Morgan fingerprint density at radius 1 is 1.16 bits per heavy atom. The molecule has 0 aliphatic carbocycles. The quantitative estimate of drug-likeness (QED) is 0.830. The van der Waals surface area contributed by atoms with E-state index < -0.39 is 11.6 Å². The number of phenolic OH excluding ortho intramolecular Hbond substituents is 1. The number of benzene rings is 2. The average molecular weight is 300 g/mol. The lowest BCUT2D eigenvalue weighted by Crippen LogP contribution is -1.88. The summed E-state index contributed by atoms with van der Waals surface area (Å²) in [7, 11) is 0. The molecule has 19 heavy (non-hydrogen) atoms. The molecule has 0 unspecified atom stereocenters. The predicted octanol–water partition coefficient (Wildman–Crippen LogP) is 4.77. The van der Waals surface area contributed by atoms with Crippen LogP contribution in [0.1, 0.15) is 5.56 Å². The van der Waals surface area contributed by atoms with Gasteiger partial charge in [-0.25, -0.2) is 4.39 Å². The topological polar surface area (TPSA) is 49.7 Å². The maximum atomic E-state index is 13.3. The van der Waals surface area contributed by atoms with Gasteiger partial charge in [0.25, 0.3) is 0 Å². The fourth-order valence-corrected chi connectivity index (χ4v) is 2.20. The van der Waals surface area contributed by atoms with Crippen LogP contribution in [0.3, 0.4) is 0 Å². The monoisotopic (exact) mass is 299 g/mol. The number of nitroso groups, excluding NO2 is 1. The molecule has 0 aliphatic rings. The van der Waals surface area contributed by atoms with Gasteiger partial charge in [0.15, 0.2) is 11.6 Å². The molecule has 0 fully saturated rings. The van der Waals surface area contributed by atoms with Crippen LogP contribution >= 0.6 is 23.2 Å². The SMILES string of the molecule is O=NCc1ccc(-c2ccc(O)c(F)c2)c(Cl)c1Cl. The minimum atomic E-state index is -0.747. The van der Waals surface area contributed by atoms with Crippen LogP contribution < -0.4 is 0 Å². The van der Waals surface area contributed by atoms with Crippen molar-refractivity contribution in [1.29, 1.82) is 0 Å². The number of nitrogens with zero attached hydrogens (tertiary/aromatic N) is 1. The number of aromatic hydroxyl groups is 1. The highest BCUT2D eigenvalue weighted by atomic mass is 35.5. The second-order valence-electron chi connectivity index (χ2n) is 3.85. The van der Waals surface area contributed by atoms with Gasteiger partial charge in [0, 0.05) is 5.56 Å². The molecule has 0 spiro atoms. The van der Waals surface area contributed by atoms with E-state index in [0.717, 1.165) is 6.07 Å². The first-order valence-corrected chi connectivity index (χ1v) is 6.05. The van der Waals surface area contributed by atoms with Crippen molar-refractivity contribution >= 4 is 23.2 Å². The third-order valence-corrected chi connectivity index (χ3v) is 3.58. The molecule has 2 aromatic rings. The molecule has 98 valence electrons. The van der Waals surface area contributed by atoms with Gasteiger partial charge < -0.3 is 5.11 Å². The van der Waals surface area contributed by atoms with Gasteiger partial charge in [-0.15, -0.1) is 0 Å². The smallest absolute Gasteiger partial charge is 0.165 e. The number of hydrogen-bond donors (Lipinski definition) is 1. The van der Waals surface area contributed by atoms with Crippen molar-refractivity contribution in [1.82, 2.24) is 0 Å². The second-order valence-corrected chi connectivity index (χ2v) is 4.61. The molecule has 6 heteroatoms. The molecule has 0 saturated heterocycles. The first-order valence-electron chi connectivity index (χ1n) is 5.29. The van der Waals surface area contributed by atoms with Crippen LogP contribution in [0.15, 0.2) is 35.5 Å². The molecule has 0 atom stereocenters. The van der Waals surface area contributed by atoms with Gasteiger partial charge in [0.05, 0.1) is 10.0 Å². The number of hydrogen-bond acceptors (Lipinski definition) is 3. The van der Waals surface area contributed by atoms with Crippen molar-refractivity contribution in [3.63, 3.8) is 0 Å². The minimum Gasteiger partial charge on any atom is -0.505 e. The van der Waals surface area contributed by atoms with E-state index in [1.807, 2.05) is 0 Å². The van der Waals surface area contributed by atoms with Crippen molar-refractivity contribution in [2.24, 2.45) is 5.18 Å². The predicted molar refractivity (Wildman–Crippen MR) is 73.0 cm³/mol. The highest BCUT2D eigenvalue weighted by molar-refractivity contribution is 6.44. The first-order chi connectivity index (χ1) is 9.04. The Kier molecular flexibility index (Phi) is 4.02. The summed E-state index contributed by atoms with van der Waals surface area (Å²) in [6.07, 6.45) is 0. The van der Waals surface area contributed by atoms with Crippen LogP contribution in [-0.2, 0) is 6.54 Å². The van der Waals surface area contributed by atoms with Gasteiger partial charge in [-0.3, -0.25) is 0 Å². The van der Waals surface area contributed by atoms with Gasteiger partial charge in [0.1, 0.15) is 6.54 Å². The van der Waals surface area contributed by atoms with Crippen molar-refractivity contribution < 1.29 is 9.50 Å². The van der Waals surface area contributed by atoms with Gasteiger partial charge in [0.2, 0.25) is 0 Å². The van der Waals surface area contributed by atoms with Crippen molar-refractivity contribution in [3.05, 3.63) is 56.7 Å². The van der Waals surface area contributed by atoms with E-state index in [1.165, 1.54) is 12.1 Å². The Balaban J connectivity index is 2.54. The normalized spacial score (nSPS) is 10.5. The number of halogens is 3. The Bertz CT molecular complexity index is 647. The van der Waals surface area contributed by atoms with Crippen molar-refractivity contribution in [2.45, 2.75) is 6.54 Å². The Morgan fingerprint density at radius 2 is 1.89 bits per heavy atom.